The highest BCUT2D eigenvalue weighted by Gasteiger charge is 2.13. The molecule has 0 atom stereocenters. The van der Waals surface area contributed by atoms with Gasteiger partial charge in [0.25, 0.3) is 5.56 Å². The van der Waals surface area contributed by atoms with Crippen LogP contribution in [0, 0.1) is 25.2 Å². The third-order valence-electron chi connectivity index (χ3n) is 5.75. The number of methoxy groups -OCH3 is 1. The number of nitriles is 1. The highest BCUT2D eigenvalue weighted by Crippen LogP contribution is 2.29. The monoisotopic (exact) mass is 479 g/mol. The van der Waals surface area contributed by atoms with E-state index < -0.39 is 5.56 Å². The van der Waals surface area contributed by atoms with E-state index in [1.54, 1.807) is 31.5 Å². The Kier molecular flexibility index (Phi) is 7.42. The van der Waals surface area contributed by atoms with E-state index in [-0.39, 0.29) is 17.2 Å². The lowest BCUT2D eigenvalue weighted by atomic mass is 10.0. The van der Waals surface area contributed by atoms with E-state index in [0.717, 1.165) is 11.1 Å². The fourth-order valence-electron chi connectivity index (χ4n) is 3.61. The van der Waals surface area contributed by atoms with E-state index in [1.807, 2.05) is 48.5 Å². The summed E-state index contributed by atoms with van der Waals surface area (Å²) in [5, 5.41) is 13.6. The molecule has 0 aliphatic heterocycles. The zero-order valence-corrected chi connectivity index (χ0v) is 20.2. The molecule has 0 saturated heterocycles. The van der Waals surface area contributed by atoms with Crippen molar-refractivity contribution < 1.29 is 9.47 Å². The Balaban J connectivity index is 1.50. The number of hydrogen-bond acceptors (Lipinski definition) is 7. The first-order valence-electron chi connectivity index (χ1n) is 11.2. The molecule has 4 rings (SSSR count). The molecule has 8 heteroatoms. The van der Waals surface area contributed by atoms with Crippen molar-refractivity contribution in [2.45, 2.75) is 20.5 Å². The predicted molar refractivity (Wildman–Crippen MR) is 139 cm³/mol. The van der Waals surface area contributed by atoms with Gasteiger partial charge in [0.2, 0.25) is 5.95 Å². The molecule has 0 unspecified atom stereocenters. The lowest BCUT2D eigenvalue weighted by Crippen LogP contribution is -2.16. The van der Waals surface area contributed by atoms with Gasteiger partial charge in [0.1, 0.15) is 18.2 Å². The quantitative estimate of drug-likeness (QED) is 0.273. The molecule has 3 aromatic carbocycles. The zero-order valence-electron chi connectivity index (χ0n) is 20.2. The third-order valence-corrected chi connectivity index (χ3v) is 5.75. The number of hydrogen-bond donors (Lipinski definition) is 2. The smallest absolute Gasteiger partial charge is 0.270 e. The van der Waals surface area contributed by atoms with Crippen LogP contribution in [0.5, 0.6) is 11.5 Å². The lowest BCUT2D eigenvalue weighted by molar-refractivity contribution is 0.284. The fourth-order valence-corrected chi connectivity index (χ4v) is 3.61. The molecular weight excluding hydrogens is 454 g/mol. The van der Waals surface area contributed by atoms with E-state index in [0.29, 0.717) is 23.7 Å². The van der Waals surface area contributed by atoms with Gasteiger partial charge in [0.15, 0.2) is 11.5 Å². The van der Waals surface area contributed by atoms with Crippen LogP contribution in [-0.4, -0.2) is 23.3 Å². The molecule has 0 fully saturated rings. The van der Waals surface area contributed by atoms with Crippen molar-refractivity contribution in [3.63, 3.8) is 0 Å². The molecule has 36 heavy (non-hydrogen) atoms. The first-order chi connectivity index (χ1) is 17.5. The zero-order chi connectivity index (χ0) is 25.5. The van der Waals surface area contributed by atoms with E-state index >= 15 is 0 Å². The first-order valence-corrected chi connectivity index (χ1v) is 11.2. The van der Waals surface area contributed by atoms with Gasteiger partial charge in [-0.25, -0.2) is 10.4 Å². The molecule has 1 heterocycles. The second kappa shape index (κ2) is 11.0. The van der Waals surface area contributed by atoms with Crippen LogP contribution >= 0.6 is 0 Å². The van der Waals surface area contributed by atoms with Crippen molar-refractivity contribution >= 4 is 12.2 Å². The number of benzene rings is 3. The summed E-state index contributed by atoms with van der Waals surface area (Å²) in [5.74, 6) is 1.31. The van der Waals surface area contributed by atoms with Gasteiger partial charge >= 0.3 is 0 Å². The van der Waals surface area contributed by atoms with E-state index in [9.17, 15) is 10.1 Å². The minimum Gasteiger partial charge on any atom is -0.493 e. The average molecular weight is 480 g/mol. The summed E-state index contributed by atoms with van der Waals surface area (Å²) in [7, 11) is 1.58. The van der Waals surface area contributed by atoms with Crippen molar-refractivity contribution in [2.75, 3.05) is 12.5 Å². The number of H-pyrrole nitrogens is 1. The second-order valence-corrected chi connectivity index (χ2v) is 8.04. The summed E-state index contributed by atoms with van der Waals surface area (Å²) in [6, 6.07) is 22.6. The Labute approximate surface area is 208 Å². The van der Waals surface area contributed by atoms with Crippen LogP contribution in [0.2, 0.25) is 0 Å². The Morgan fingerprint density at radius 3 is 2.64 bits per heavy atom. The van der Waals surface area contributed by atoms with Crippen LogP contribution in [0.4, 0.5) is 5.95 Å². The van der Waals surface area contributed by atoms with Gasteiger partial charge in [-0.3, -0.25) is 9.78 Å². The highest BCUT2D eigenvalue weighted by molar-refractivity contribution is 5.81. The molecule has 4 aromatic rings. The van der Waals surface area contributed by atoms with E-state index in [1.165, 1.54) is 11.1 Å². The topological polar surface area (TPSA) is 112 Å². The van der Waals surface area contributed by atoms with Crippen molar-refractivity contribution in [3.05, 3.63) is 105 Å². The molecule has 0 radical (unpaired) electrons. The minimum absolute atomic E-state index is 0.0584. The molecule has 2 N–H and O–H groups in total. The number of nitrogens with zero attached hydrogens (tertiary/aromatic N) is 3. The largest absolute Gasteiger partial charge is 0.493 e. The second-order valence-electron chi connectivity index (χ2n) is 8.04. The predicted octanol–water partition coefficient (Wildman–Crippen LogP) is 4.96. The standard InChI is InChI=1S/C28H25N5O3/c1-18-8-7-11-22(19(18)2)17-36-24-13-12-20(14-25(24)35-3)16-30-33-28-31-26(21-9-5-4-6-10-21)23(15-29)27(34)32-28/h4-14,16H,17H2,1-3H3,(H2,31,32,33,34). The summed E-state index contributed by atoms with van der Waals surface area (Å²) in [4.78, 5) is 19.3. The van der Waals surface area contributed by atoms with Crippen LogP contribution in [0.25, 0.3) is 11.3 Å². The summed E-state index contributed by atoms with van der Waals surface area (Å²) < 4.78 is 11.5. The van der Waals surface area contributed by atoms with E-state index in [2.05, 4.69) is 40.4 Å². The SMILES string of the molecule is COc1cc(C=NNc2nc(-c3ccccc3)c(C#N)c(=O)[nH]2)ccc1OCc1cccc(C)c1C. The lowest BCUT2D eigenvalue weighted by Gasteiger charge is -2.13. The van der Waals surface area contributed by atoms with Crippen molar-refractivity contribution in [1.29, 1.82) is 5.26 Å². The number of aryl methyl sites for hydroxylation is 1. The van der Waals surface area contributed by atoms with Gasteiger partial charge in [-0.1, -0.05) is 48.5 Å². The number of ether oxygens (including phenoxy) is 2. The van der Waals surface area contributed by atoms with Crippen molar-refractivity contribution in [3.8, 4) is 28.8 Å². The number of nitrogens with one attached hydrogen (secondary N) is 2. The average Bonchev–Trinajstić information content (AvgIpc) is 2.90. The molecule has 0 amide bonds. The Bertz CT molecular complexity index is 1500. The number of rotatable bonds is 8. The Morgan fingerprint density at radius 2 is 1.89 bits per heavy atom. The molecular formula is C28H25N5O3. The maximum Gasteiger partial charge on any atom is 0.270 e. The van der Waals surface area contributed by atoms with Gasteiger partial charge < -0.3 is 9.47 Å². The fraction of sp³-hybridized carbons (Fsp3) is 0.143. The number of aromatic nitrogens is 2. The van der Waals surface area contributed by atoms with Crippen molar-refractivity contribution in [1.82, 2.24) is 9.97 Å². The Hall–Kier alpha value is -4.90. The van der Waals surface area contributed by atoms with Crippen molar-refractivity contribution in [2.24, 2.45) is 5.10 Å². The van der Waals surface area contributed by atoms with Crippen LogP contribution in [0.15, 0.2) is 76.6 Å². The summed E-state index contributed by atoms with van der Waals surface area (Å²) in [6.07, 6.45) is 1.57. The van der Waals surface area contributed by atoms with Gasteiger partial charge in [0, 0.05) is 5.56 Å². The molecule has 0 bridgehead atoms. The van der Waals surface area contributed by atoms with Crippen LogP contribution in [-0.2, 0) is 6.61 Å². The van der Waals surface area contributed by atoms with Gasteiger partial charge in [-0.05, 0) is 54.3 Å². The van der Waals surface area contributed by atoms with Gasteiger partial charge in [-0.2, -0.15) is 10.4 Å². The number of anilines is 1. The molecule has 0 aliphatic rings. The van der Waals surface area contributed by atoms with Gasteiger partial charge in [-0.15, -0.1) is 0 Å². The van der Waals surface area contributed by atoms with E-state index in [4.69, 9.17) is 9.47 Å². The molecule has 0 spiro atoms. The molecule has 8 nitrogen and oxygen atoms in total. The maximum atomic E-state index is 12.4. The van der Waals surface area contributed by atoms with Gasteiger partial charge in [0.05, 0.1) is 19.0 Å². The highest BCUT2D eigenvalue weighted by atomic mass is 16.5. The first kappa shape index (κ1) is 24.2. The minimum atomic E-state index is -0.545. The maximum absolute atomic E-state index is 12.4. The molecule has 1 aromatic heterocycles. The van der Waals surface area contributed by atoms with Crippen LogP contribution in [0.1, 0.15) is 27.8 Å². The molecule has 0 saturated carbocycles. The molecule has 180 valence electrons. The molecule has 0 aliphatic carbocycles. The summed E-state index contributed by atoms with van der Waals surface area (Å²) in [5.41, 5.74) is 7.36. The number of aromatic amines is 1. The Morgan fingerprint density at radius 1 is 1.08 bits per heavy atom. The normalized spacial score (nSPS) is 10.7. The summed E-state index contributed by atoms with van der Waals surface area (Å²) >= 11 is 0. The van der Waals surface area contributed by atoms with Crippen LogP contribution in [0.3, 0.4) is 0 Å². The third kappa shape index (κ3) is 5.42. The number of hydrazone groups is 1. The summed E-state index contributed by atoms with van der Waals surface area (Å²) in [6.45, 7) is 4.59. The van der Waals surface area contributed by atoms with Crippen LogP contribution < -0.4 is 20.5 Å².